The van der Waals surface area contributed by atoms with Gasteiger partial charge in [-0.3, -0.25) is 0 Å². The van der Waals surface area contributed by atoms with E-state index in [0.717, 1.165) is 6.42 Å². The smallest absolute Gasteiger partial charge is 0.0185 e. The van der Waals surface area contributed by atoms with Crippen LogP contribution >= 0.6 is 0 Å². The van der Waals surface area contributed by atoms with Crippen LogP contribution in [0.3, 0.4) is 0 Å². The quantitative estimate of drug-likeness (QED) is 0.289. The number of aryl methyl sites for hydroxylation is 2. The Morgan fingerprint density at radius 1 is 0.829 bits per heavy atom. The summed E-state index contributed by atoms with van der Waals surface area (Å²) in [5, 5.41) is 0. The molecule has 35 heavy (non-hydrogen) atoms. The van der Waals surface area contributed by atoms with Gasteiger partial charge in [0, 0.05) is 36.7 Å². The molecule has 0 saturated carbocycles. The van der Waals surface area contributed by atoms with Gasteiger partial charge in [-0.05, 0) is 118 Å². The van der Waals surface area contributed by atoms with Crippen LogP contribution in [0.5, 0.6) is 0 Å². The van der Waals surface area contributed by atoms with Crippen molar-refractivity contribution in [3.63, 3.8) is 0 Å². The summed E-state index contributed by atoms with van der Waals surface area (Å²) in [4.78, 5) is 0. The number of hydrogen-bond acceptors (Lipinski definition) is 0. The number of rotatable bonds is 5. The molecule has 2 unspecified atom stereocenters. The maximum absolute atomic E-state index is 2.64. The Hall–Kier alpha value is -1.47. The van der Waals surface area contributed by atoms with E-state index in [2.05, 4.69) is 97.0 Å². The van der Waals surface area contributed by atoms with Crippen molar-refractivity contribution in [2.24, 2.45) is 5.41 Å². The van der Waals surface area contributed by atoms with Crippen LogP contribution in [0.15, 0.2) is 70.3 Å². The summed E-state index contributed by atoms with van der Waals surface area (Å²) in [5.41, 5.74) is 15.7. The van der Waals surface area contributed by atoms with Crippen LogP contribution in [0.4, 0.5) is 0 Å². The predicted octanol–water partition coefficient (Wildman–Crippen LogP) is 9.49. The summed E-state index contributed by atoms with van der Waals surface area (Å²) in [6.07, 6.45) is 10.1. The standard InChI is InChI=1S/C34H42.Hf/c1-22(28-13-9-8-10-14-28)20-34(21-33(7)26(5)24(3)25(4)27(33)6)23(2)17-31-18-29-15-11-12-16-30(29)19-32(31)34;/h8-10,13-14,17-19,22H,11-12,15-16,20-21H2,1-7H3;. The second kappa shape index (κ2) is 9.77. The van der Waals surface area contributed by atoms with Gasteiger partial charge in [0.1, 0.15) is 0 Å². The van der Waals surface area contributed by atoms with Gasteiger partial charge in [0.05, 0.1) is 0 Å². The molecule has 3 aliphatic carbocycles. The summed E-state index contributed by atoms with van der Waals surface area (Å²) in [7, 11) is 0. The molecule has 0 N–H and O–H groups in total. The molecule has 5 rings (SSSR count). The molecule has 0 aliphatic heterocycles. The maximum Gasteiger partial charge on any atom is 0.0185 e. The van der Waals surface area contributed by atoms with Gasteiger partial charge < -0.3 is 0 Å². The zero-order valence-electron chi connectivity index (χ0n) is 22.9. The Balaban J connectivity index is 0.00000289. The molecule has 3 aliphatic rings. The molecule has 0 heterocycles. The fourth-order valence-corrected chi connectivity index (χ4v) is 7.46. The first kappa shape index (κ1) is 26.6. The topological polar surface area (TPSA) is 0 Å². The zero-order valence-corrected chi connectivity index (χ0v) is 26.5. The molecule has 2 aromatic rings. The van der Waals surface area contributed by atoms with E-state index in [1.807, 2.05) is 0 Å². The van der Waals surface area contributed by atoms with Crippen molar-refractivity contribution < 1.29 is 25.8 Å². The third-order valence-electron chi connectivity index (χ3n) is 10.2. The number of hydrogen-bond donors (Lipinski definition) is 0. The van der Waals surface area contributed by atoms with Crippen LogP contribution < -0.4 is 0 Å². The Labute approximate surface area is 232 Å². The normalized spacial score (nSPS) is 23.6. The summed E-state index contributed by atoms with van der Waals surface area (Å²) in [6.45, 7) is 16.8. The van der Waals surface area contributed by atoms with Gasteiger partial charge in [0.15, 0.2) is 0 Å². The SMILES string of the molecule is CC1=Cc2cc3c(cc2C1(CC(C)c1ccccc1)CC1(C)C(C)=C(C)C(C)=C1C)CCCC3.[Hf]. The van der Waals surface area contributed by atoms with Crippen LogP contribution in [-0.4, -0.2) is 0 Å². The fraction of sp³-hybridized carbons (Fsp3) is 0.471. The van der Waals surface area contributed by atoms with Crippen LogP contribution in [0.1, 0.15) is 108 Å². The molecule has 0 radical (unpaired) electrons. The van der Waals surface area contributed by atoms with E-state index in [4.69, 9.17) is 0 Å². The maximum atomic E-state index is 2.64. The van der Waals surface area contributed by atoms with E-state index < -0.39 is 0 Å². The number of fused-ring (bicyclic) bond motifs is 2. The predicted molar refractivity (Wildman–Crippen MR) is 147 cm³/mol. The van der Waals surface area contributed by atoms with E-state index in [-0.39, 0.29) is 36.7 Å². The molecular formula is C34H42Hf. The van der Waals surface area contributed by atoms with Gasteiger partial charge in [-0.15, -0.1) is 0 Å². The van der Waals surface area contributed by atoms with Gasteiger partial charge in [0.2, 0.25) is 0 Å². The van der Waals surface area contributed by atoms with Crippen LogP contribution in [0, 0.1) is 5.41 Å². The van der Waals surface area contributed by atoms with E-state index in [0.29, 0.717) is 5.92 Å². The average Bonchev–Trinajstić information content (AvgIpc) is 3.17. The molecular weight excluding hydrogens is 587 g/mol. The second-order valence-electron chi connectivity index (χ2n) is 11.8. The van der Waals surface area contributed by atoms with Crippen molar-refractivity contribution in [2.45, 2.75) is 98.3 Å². The largest absolute Gasteiger partial charge is 0.0622 e. The Bertz CT molecular complexity index is 1200. The minimum absolute atomic E-state index is 0. The molecule has 0 aromatic heterocycles. The fourth-order valence-electron chi connectivity index (χ4n) is 7.46. The van der Waals surface area contributed by atoms with Crippen LogP contribution in [-0.2, 0) is 44.1 Å². The van der Waals surface area contributed by atoms with E-state index in [9.17, 15) is 0 Å². The first-order valence-electron chi connectivity index (χ1n) is 13.4. The van der Waals surface area contributed by atoms with Gasteiger partial charge in [-0.25, -0.2) is 0 Å². The summed E-state index contributed by atoms with van der Waals surface area (Å²) in [6, 6.07) is 16.4. The monoisotopic (exact) mass is 630 g/mol. The average molecular weight is 629 g/mol. The van der Waals surface area contributed by atoms with Gasteiger partial charge in [-0.1, -0.05) is 79.1 Å². The Morgan fingerprint density at radius 2 is 1.40 bits per heavy atom. The Morgan fingerprint density at radius 3 is 2.00 bits per heavy atom. The second-order valence-corrected chi connectivity index (χ2v) is 11.8. The number of allylic oxidation sites excluding steroid dienone is 5. The van der Waals surface area contributed by atoms with Crippen LogP contribution in [0.25, 0.3) is 6.08 Å². The summed E-state index contributed by atoms with van der Waals surface area (Å²) >= 11 is 0. The van der Waals surface area contributed by atoms with Crippen molar-refractivity contribution in [3.05, 3.63) is 98.1 Å². The van der Waals surface area contributed by atoms with E-state index in [1.165, 1.54) is 54.4 Å². The molecule has 0 saturated heterocycles. The van der Waals surface area contributed by atoms with Crippen molar-refractivity contribution in [1.29, 1.82) is 0 Å². The van der Waals surface area contributed by atoms with Gasteiger partial charge in [-0.2, -0.15) is 0 Å². The first-order chi connectivity index (χ1) is 16.2. The molecule has 1 heteroatoms. The molecule has 0 spiro atoms. The molecule has 2 atom stereocenters. The third kappa shape index (κ3) is 4.24. The van der Waals surface area contributed by atoms with E-state index in [1.54, 1.807) is 33.4 Å². The van der Waals surface area contributed by atoms with Crippen molar-refractivity contribution in [2.75, 3.05) is 0 Å². The Kier molecular flexibility index (Phi) is 7.42. The molecule has 0 nitrogen and oxygen atoms in total. The summed E-state index contributed by atoms with van der Waals surface area (Å²) in [5.74, 6) is 0.507. The van der Waals surface area contributed by atoms with Crippen molar-refractivity contribution >= 4 is 6.08 Å². The third-order valence-corrected chi connectivity index (χ3v) is 10.2. The van der Waals surface area contributed by atoms with Crippen molar-refractivity contribution in [3.8, 4) is 0 Å². The number of benzene rings is 2. The summed E-state index contributed by atoms with van der Waals surface area (Å²) < 4.78 is 0. The molecule has 0 amide bonds. The van der Waals surface area contributed by atoms with Crippen molar-refractivity contribution in [1.82, 2.24) is 0 Å². The van der Waals surface area contributed by atoms with E-state index >= 15 is 0 Å². The minimum atomic E-state index is 0. The van der Waals surface area contributed by atoms with Crippen LogP contribution in [0.2, 0.25) is 0 Å². The van der Waals surface area contributed by atoms with Gasteiger partial charge in [0.25, 0.3) is 0 Å². The van der Waals surface area contributed by atoms with Gasteiger partial charge >= 0.3 is 0 Å². The molecule has 2 aromatic carbocycles. The molecule has 0 fully saturated rings. The molecule has 182 valence electrons. The first-order valence-corrected chi connectivity index (χ1v) is 13.4. The zero-order chi connectivity index (χ0) is 24.3. The minimum Gasteiger partial charge on any atom is -0.0622 e. The molecule has 0 bridgehead atoms.